The van der Waals surface area contributed by atoms with Crippen LogP contribution < -0.4 is 0 Å². The number of rotatable bonds is 9. The Morgan fingerprint density at radius 1 is 1.04 bits per heavy atom. The van der Waals surface area contributed by atoms with Crippen molar-refractivity contribution >= 4 is 29.3 Å². The molecule has 1 saturated carbocycles. The van der Waals surface area contributed by atoms with Crippen molar-refractivity contribution in [1.29, 1.82) is 0 Å². The lowest BCUT2D eigenvalue weighted by molar-refractivity contribution is -0.168. The van der Waals surface area contributed by atoms with E-state index in [4.69, 9.17) is 4.74 Å². The highest BCUT2D eigenvalue weighted by atomic mass is 16.5. The van der Waals surface area contributed by atoms with Gasteiger partial charge in [-0.3, -0.25) is 24.0 Å². The van der Waals surface area contributed by atoms with E-state index in [2.05, 4.69) is 4.74 Å². The topological polar surface area (TPSA) is 104 Å². The Balaban J connectivity index is 2.96. The summed E-state index contributed by atoms with van der Waals surface area (Å²) in [5.41, 5.74) is 0. The number of ketones is 3. The molecule has 25 heavy (non-hydrogen) atoms. The normalized spacial score (nSPS) is 23.2. The van der Waals surface area contributed by atoms with Gasteiger partial charge in [-0.2, -0.15) is 0 Å². The van der Waals surface area contributed by atoms with Gasteiger partial charge < -0.3 is 9.47 Å². The van der Waals surface area contributed by atoms with Gasteiger partial charge in [0.05, 0.1) is 19.6 Å². The maximum absolute atomic E-state index is 12.6. The van der Waals surface area contributed by atoms with Crippen molar-refractivity contribution in [3.8, 4) is 0 Å². The Morgan fingerprint density at radius 3 is 2.28 bits per heavy atom. The van der Waals surface area contributed by atoms with E-state index in [0.29, 0.717) is 12.8 Å². The average Bonchev–Trinajstić information content (AvgIpc) is 2.57. The number of hydrogen-bond donors (Lipinski definition) is 0. The Bertz CT molecular complexity index is 538. The average molecular weight is 354 g/mol. The lowest BCUT2D eigenvalue weighted by Gasteiger charge is -2.30. The minimum absolute atomic E-state index is 0.0716. The predicted octanol–water partition coefficient (Wildman–Crippen LogP) is 1.65. The SMILES string of the molecule is CCCCCOC(=O)C1CC(=O)C(C(=O)CCC)C(=O)C1C(=O)OC. The maximum Gasteiger partial charge on any atom is 0.317 e. The second-order valence-corrected chi connectivity index (χ2v) is 6.20. The van der Waals surface area contributed by atoms with Crippen LogP contribution in [0.2, 0.25) is 0 Å². The molecule has 0 radical (unpaired) electrons. The molecule has 1 fully saturated rings. The summed E-state index contributed by atoms with van der Waals surface area (Å²) in [5, 5.41) is 0. The second kappa shape index (κ2) is 10.1. The van der Waals surface area contributed by atoms with Crippen LogP contribution in [0.15, 0.2) is 0 Å². The summed E-state index contributed by atoms with van der Waals surface area (Å²) in [7, 11) is 1.10. The predicted molar refractivity (Wildman–Crippen MR) is 87.5 cm³/mol. The Morgan fingerprint density at radius 2 is 1.72 bits per heavy atom. The molecular weight excluding hydrogens is 328 g/mol. The number of carbonyl (C=O) groups is 5. The molecule has 0 amide bonds. The number of carbonyl (C=O) groups excluding carboxylic acids is 5. The number of ether oxygens (including phenoxy) is 2. The van der Waals surface area contributed by atoms with Gasteiger partial charge in [0, 0.05) is 12.8 Å². The van der Waals surface area contributed by atoms with Crippen LogP contribution >= 0.6 is 0 Å². The molecule has 0 aromatic carbocycles. The van der Waals surface area contributed by atoms with E-state index >= 15 is 0 Å². The van der Waals surface area contributed by atoms with Gasteiger partial charge in [0.25, 0.3) is 0 Å². The smallest absolute Gasteiger partial charge is 0.317 e. The van der Waals surface area contributed by atoms with Crippen molar-refractivity contribution in [2.75, 3.05) is 13.7 Å². The quantitative estimate of drug-likeness (QED) is 0.352. The molecule has 140 valence electrons. The van der Waals surface area contributed by atoms with Gasteiger partial charge in [-0.25, -0.2) is 0 Å². The Hall–Kier alpha value is -2.05. The fourth-order valence-electron chi connectivity index (χ4n) is 2.98. The van der Waals surface area contributed by atoms with Crippen molar-refractivity contribution in [1.82, 2.24) is 0 Å². The highest BCUT2D eigenvalue weighted by Gasteiger charge is 2.52. The molecular formula is C18H26O7. The minimum atomic E-state index is -1.48. The van der Waals surface area contributed by atoms with Crippen LogP contribution in [0.1, 0.15) is 52.4 Å². The molecule has 0 saturated heterocycles. The highest BCUT2D eigenvalue weighted by Crippen LogP contribution is 2.32. The molecule has 1 aliphatic carbocycles. The first-order chi connectivity index (χ1) is 11.9. The minimum Gasteiger partial charge on any atom is -0.468 e. The zero-order chi connectivity index (χ0) is 19.0. The van der Waals surface area contributed by atoms with Crippen LogP contribution in [0.4, 0.5) is 0 Å². The second-order valence-electron chi connectivity index (χ2n) is 6.20. The third-order valence-corrected chi connectivity index (χ3v) is 4.30. The van der Waals surface area contributed by atoms with Gasteiger partial charge in [-0.15, -0.1) is 0 Å². The molecule has 7 nitrogen and oxygen atoms in total. The van der Waals surface area contributed by atoms with Crippen LogP contribution in [-0.2, 0) is 33.4 Å². The van der Waals surface area contributed by atoms with Gasteiger partial charge in [-0.05, 0) is 12.8 Å². The fourth-order valence-corrected chi connectivity index (χ4v) is 2.98. The van der Waals surface area contributed by atoms with Crippen molar-refractivity contribution in [2.45, 2.75) is 52.4 Å². The summed E-state index contributed by atoms with van der Waals surface area (Å²) in [6.07, 6.45) is 2.69. The van der Waals surface area contributed by atoms with Crippen molar-refractivity contribution < 1.29 is 33.4 Å². The Kier molecular flexibility index (Phi) is 8.45. The number of unbranched alkanes of at least 4 members (excludes halogenated alkanes) is 2. The van der Waals surface area contributed by atoms with Crippen LogP contribution in [0, 0.1) is 17.8 Å². The van der Waals surface area contributed by atoms with Crippen LogP contribution in [-0.4, -0.2) is 43.0 Å². The third-order valence-electron chi connectivity index (χ3n) is 4.30. The molecule has 3 atom stereocenters. The molecule has 0 aromatic rings. The summed E-state index contributed by atoms with van der Waals surface area (Å²) in [4.78, 5) is 61.2. The maximum atomic E-state index is 12.6. The molecule has 0 bridgehead atoms. The standard InChI is InChI=1S/C18H26O7/c1-4-6-7-9-25-17(22)11-10-13(20)15(12(19)8-5-2)16(21)14(11)18(23)24-3/h11,14-15H,4-10H2,1-3H3. The molecule has 0 spiro atoms. The van der Waals surface area contributed by atoms with E-state index in [1.165, 1.54) is 0 Å². The number of hydrogen-bond acceptors (Lipinski definition) is 7. The molecule has 3 unspecified atom stereocenters. The van der Waals surface area contributed by atoms with Gasteiger partial charge in [0.1, 0.15) is 11.8 Å². The van der Waals surface area contributed by atoms with Gasteiger partial charge in [0.2, 0.25) is 0 Å². The van der Waals surface area contributed by atoms with E-state index in [1.807, 2.05) is 6.92 Å². The molecule has 0 aliphatic heterocycles. The molecule has 0 N–H and O–H groups in total. The largest absolute Gasteiger partial charge is 0.468 e. The molecule has 0 heterocycles. The summed E-state index contributed by atoms with van der Waals surface area (Å²) in [5.74, 6) is -7.84. The van der Waals surface area contributed by atoms with E-state index in [0.717, 1.165) is 20.0 Å². The van der Waals surface area contributed by atoms with Gasteiger partial charge >= 0.3 is 11.9 Å². The third kappa shape index (κ3) is 5.21. The van der Waals surface area contributed by atoms with Crippen LogP contribution in [0.5, 0.6) is 0 Å². The van der Waals surface area contributed by atoms with E-state index in [-0.39, 0.29) is 19.4 Å². The number of Topliss-reactive ketones (excluding diaryl/α,β-unsaturated/α-hetero) is 3. The zero-order valence-corrected chi connectivity index (χ0v) is 15.0. The number of methoxy groups -OCH3 is 1. The summed E-state index contributed by atoms with van der Waals surface area (Å²) in [6, 6.07) is 0. The van der Waals surface area contributed by atoms with Crippen LogP contribution in [0.25, 0.3) is 0 Å². The van der Waals surface area contributed by atoms with Gasteiger partial charge in [-0.1, -0.05) is 26.7 Å². The van der Waals surface area contributed by atoms with E-state index < -0.39 is 47.0 Å². The summed E-state index contributed by atoms with van der Waals surface area (Å²) < 4.78 is 9.73. The fraction of sp³-hybridized carbons (Fsp3) is 0.722. The van der Waals surface area contributed by atoms with Crippen molar-refractivity contribution in [3.05, 3.63) is 0 Å². The highest BCUT2D eigenvalue weighted by molar-refractivity contribution is 6.25. The summed E-state index contributed by atoms with van der Waals surface area (Å²) in [6.45, 7) is 3.92. The molecule has 1 rings (SSSR count). The zero-order valence-electron chi connectivity index (χ0n) is 15.0. The Labute approximate surface area is 147 Å². The van der Waals surface area contributed by atoms with E-state index in [9.17, 15) is 24.0 Å². The first-order valence-electron chi connectivity index (χ1n) is 8.72. The lowest BCUT2D eigenvalue weighted by atomic mass is 9.70. The first kappa shape index (κ1) is 21.0. The number of esters is 2. The monoisotopic (exact) mass is 354 g/mol. The molecule has 7 heteroatoms. The van der Waals surface area contributed by atoms with Crippen molar-refractivity contribution in [2.24, 2.45) is 17.8 Å². The van der Waals surface area contributed by atoms with Crippen LogP contribution in [0.3, 0.4) is 0 Å². The summed E-state index contributed by atoms with van der Waals surface area (Å²) >= 11 is 0. The van der Waals surface area contributed by atoms with Gasteiger partial charge in [0.15, 0.2) is 17.3 Å². The van der Waals surface area contributed by atoms with E-state index in [1.54, 1.807) is 6.92 Å². The van der Waals surface area contributed by atoms with Crippen molar-refractivity contribution in [3.63, 3.8) is 0 Å². The molecule has 0 aromatic heterocycles. The lowest BCUT2D eigenvalue weighted by Crippen LogP contribution is -2.50. The molecule has 1 aliphatic rings. The first-order valence-corrected chi connectivity index (χ1v) is 8.72.